The Balaban J connectivity index is 2.93. The Morgan fingerprint density at radius 3 is 2.47 bits per heavy atom. The fourth-order valence-electron chi connectivity index (χ4n) is 2.05. The van der Waals surface area contributed by atoms with Gasteiger partial charge in [0.05, 0.1) is 5.92 Å². The number of nitro groups is 1. The van der Waals surface area contributed by atoms with E-state index in [-0.39, 0.29) is 23.3 Å². The number of aldehydes is 1. The number of hydrogen-bond acceptors (Lipinski definition) is 3. The molecule has 0 bridgehead atoms. The normalized spacial score (nSPS) is 13.9. The topological polar surface area (TPSA) is 60.2 Å². The third-order valence-electron chi connectivity index (χ3n) is 2.89. The first-order valence-electron chi connectivity index (χ1n) is 5.81. The lowest BCUT2D eigenvalue weighted by Gasteiger charge is -2.19. The molecule has 0 heterocycles. The number of rotatable bonds is 7. The highest BCUT2D eigenvalue weighted by atomic mass is 16.6. The standard InChI is InChI=1S/C13H17NO3/c1-2-6-12(10-15)13(9-14(16)17)11-7-4-3-5-8-11/h3-5,7-8,10,12-13H,2,6,9H2,1H3/t12-,13-/m1/s1. The van der Waals surface area contributed by atoms with Gasteiger partial charge in [-0.05, 0) is 12.0 Å². The minimum atomic E-state index is -0.343. The molecule has 0 N–H and O–H groups in total. The molecule has 0 fully saturated rings. The van der Waals surface area contributed by atoms with Gasteiger partial charge in [-0.1, -0.05) is 43.7 Å². The van der Waals surface area contributed by atoms with Crippen LogP contribution >= 0.6 is 0 Å². The van der Waals surface area contributed by atoms with E-state index in [2.05, 4.69) is 0 Å². The Morgan fingerprint density at radius 1 is 1.35 bits per heavy atom. The number of benzene rings is 1. The summed E-state index contributed by atoms with van der Waals surface area (Å²) in [7, 11) is 0. The van der Waals surface area contributed by atoms with E-state index >= 15 is 0 Å². The van der Waals surface area contributed by atoms with Crippen LogP contribution in [0.15, 0.2) is 30.3 Å². The van der Waals surface area contributed by atoms with Crippen molar-refractivity contribution < 1.29 is 9.72 Å². The minimum Gasteiger partial charge on any atom is -0.303 e. The highest BCUT2D eigenvalue weighted by molar-refractivity contribution is 5.56. The molecule has 17 heavy (non-hydrogen) atoms. The van der Waals surface area contributed by atoms with Crippen LogP contribution in [0.25, 0.3) is 0 Å². The van der Waals surface area contributed by atoms with Crippen molar-refractivity contribution >= 4 is 6.29 Å². The van der Waals surface area contributed by atoms with Gasteiger partial charge in [-0.2, -0.15) is 0 Å². The number of carbonyl (C=O) groups excluding carboxylic acids is 1. The molecule has 0 saturated heterocycles. The lowest BCUT2D eigenvalue weighted by molar-refractivity contribution is -0.484. The predicted octanol–water partition coefficient (Wildman–Crippen LogP) is 2.66. The van der Waals surface area contributed by atoms with Crippen LogP contribution < -0.4 is 0 Å². The zero-order valence-electron chi connectivity index (χ0n) is 9.91. The molecular weight excluding hydrogens is 218 g/mol. The summed E-state index contributed by atoms with van der Waals surface area (Å²) in [6, 6.07) is 9.25. The van der Waals surface area contributed by atoms with Crippen LogP contribution in [0.5, 0.6) is 0 Å². The van der Waals surface area contributed by atoms with E-state index in [1.807, 2.05) is 37.3 Å². The van der Waals surface area contributed by atoms with Gasteiger partial charge in [0.15, 0.2) is 0 Å². The zero-order valence-corrected chi connectivity index (χ0v) is 9.91. The quantitative estimate of drug-likeness (QED) is 0.414. The fraction of sp³-hybridized carbons (Fsp3) is 0.462. The number of carbonyl (C=O) groups is 1. The third-order valence-corrected chi connectivity index (χ3v) is 2.89. The summed E-state index contributed by atoms with van der Waals surface area (Å²) in [5.74, 6) is -0.587. The minimum absolute atomic E-state index is 0.187. The summed E-state index contributed by atoms with van der Waals surface area (Å²) in [6.07, 6.45) is 2.39. The van der Waals surface area contributed by atoms with E-state index in [0.717, 1.165) is 18.3 Å². The fourth-order valence-corrected chi connectivity index (χ4v) is 2.05. The van der Waals surface area contributed by atoms with Crippen molar-refractivity contribution in [2.24, 2.45) is 5.92 Å². The Morgan fingerprint density at radius 2 is 2.00 bits per heavy atom. The maximum atomic E-state index is 11.1. The molecule has 1 aromatic carbocycles. The molecule has 0 aliphatic rings. The zero-order chi connectivity index (χ0) is 12.7. The van der Waals surface area contributed by atoms with E-state index in [1.54, 1.807) is 0 Å². The van der Waals surface area contributed by atoms with E-state index < -0.39 is 0 Å². The Labute approximate surface area is 101 Å². The van der Waals surface area contributed by atoms with Gasteiger partial charge in [-0.25, -0.2) is 0 Å². The summed E-state index contributed by atoms with van der Waals surface area (Å²) in [5, 5.41) is 10.7. The van der Waals surface area contributed by atoms with E-state index in [1.165, 1.54) is 0 Å². The van der Waals surface area contributed by atoms with Crippen molar-refractivity contribution in [1.29, 1.82) is 0 Å². The molecule has 0 aliphatic carbocycles. The van der Waals surface area contributed by atoms with Crippen molar-refractivity contribution in [2.75, 3.05) is 6.54 Å². The monoisotopic (exact) mass is 235 g/mol. The summed E-state index contributed by atoms with van der Waals surface area (Å²) >= 11 is 0. The second-order valence-corrected chi connectivity index (χ2v) is 4.12. The summed E-state index contributed by atoms with van der Waals surface area (Å²) < 4.78 is 0. The predicted molar refractivity (Wildman–Crippen MR) is 65.5 cm³/mol. The van der Waals surface area contributed by atoms with Gasteiger partial charge in [0.25, 0.3) is 0 Å². The van der Waals surface area contributed by atoms with E-state index in [4.69, 9.17) is 0 Å². The Kier molecular flexibility index (Phi) is 5.33. The second kappa shape index (κ2) is 6.78. The van der Waals surface area contributed by atoms with E-state index in [9.17, 15) is 14.9 Å². The van der Waals surface area contributed by atoms with Crippen LogP contribution in [0, 0.1) is 16.0 Å². The summed E-state index contributed by atoms with van der Waals surface area (Å²) in [6.45, 7) is 1.79. The molecule has 0 aliphatic heterocycles. The summed E-state index contributed by atoms with van der Waals surface area (Å²) in [5.41, 5.74) is 0.870. The maximum Gasteiger partial charge on any atom is 0.211 e. The van der Waals surface area contributed by atoms with Gasteiger partial charge in [-0.15, -0.1) is 0 Å². The average molecular weight is 235 g/mol. The van der Waals surface area contributed by atoms with Crippen molar-refractivity contribution in [3.63, 3.8) is 0 Å². The molecule has 0 radical (unpaired) electrons. The molecule has 0 saturated carbocycles. The SMILES string of the molecule is CCC[C@H](C=O)[C@H](C[N+](=O)[O-])c1ccccc1. The van der Waals surface area contributed by atoms with Gasteiger partial charge in [0, 0.05) is 10.8 Å². The number of nitrogens with zero attached hydrogens (tertiary/aromatic N) is 1. The van der Waals surface area contributed by atoms with Crippen molar-refractivity contribution in [1.82, 2.24) is 0 Å². The largest absolute Gasteiger partial charge is 0.303 e. The molecule has 0 unspecified atom stereocenters. The molecular formula is C13H17NO3. The van der Waals surface area contributed by atoms with Crippen molar-refractivity contribution in [2.45, 2.75) is 25.7 Å². The smallest absolute Gasteiger partial charge is 0.211 e. The first kappa shape index (κ1) is 13.4. The first-order chi connectivity index (χ1) is 8.19. The molecule has 1 aromatic rings. The average Bonchev–Trinajstić information content (AvgIpc) is 2.34. The van der Waals surface area contributed by atoms with E-state index in [0.29, 0.717) is 6.42 Å². The molecule has 92 valence electrons. The molecule has 4 nitrogen and oxygen atoms in total. The van der Waals surface area contributed by atoms with Crippen LogP contribution in [0.1, 0.15) is 31.2 Å². The van der Waals surface area contributed by atoms with Crippen molar-refractivity contribution in [3.8, 4) is 0 Å². The first-order valence-corrected chi connectivity index (χ1v) is 5.81. The maximum absolute atomic E-state index is 11.1. The number of hydrogen-bond donors (Lipinski definition) is 0. The molecule has 2 atom stereocenters. The highest BCUT2D eigenvalue weighted by Crippen LogP contribution is 2.27. The van der Waals surface area contributed by atoms with Gasteiger partial charge < -0.3 is 4.79 Å². The van der Waals surface area contributed by atoms with Crippen molar-refractivity contribution in [3.05, 3.63) is 46.0 Å². The second-order valence-electron chi connectivity index (χ2n) is 4.12. The Hall–Kier alpha value is -1.71. The lowest BCUT2D eigenvalue weighted by atomic mass is 9.84. The van der Waals surface area contributed by atoms with Crippen LogP contribution in [-0.4, -0.2) is 17.8 Å². The third kappa shape index (κ3) is 3.98. The molecule has 0 amide bonds. The van der Waals surface area contributed by atoms with Gasteiger partial charge in [0.1, 0.15) is 6.29 Å². The van der Waals surface area contributed by atoms with Gasteiger partial charge in [0.2, 0.25) is 6.54 Å². The van der Waals surface area contributed by atoms with Crippen LogP contribution in [0.2, 0.25) is 0 Å². The van der Waals surface area contributed by atoms with Crippen LogP contribution in [-0.2, 0) is 4.79 Å². The Bertz CT molecular complexity index is 364. The molecule has 1 rings (SSSR count). The van der Waals surface area contributed by atoms with Gasteiger partial charge in [-0.3, -0.25) is 10.1 Å². The van der Waals surface area contributed by atoms with Crippen LogP contribution in [0.4, 0.5) is 0 Å². The van der Waals surface area contributed by atoms with Gasteiger partial charge >= 0.3 is 0 Å². The molecule has 0 aromatic heterocycles. The molecule has 0 spiro atoms. The molecule has 4 heteroatoms. The lowest BCUT2D eigenvalue weighted by Crippen LogP contribution is -2.22. The highest BCUT2D eigenvalue weighted by Gasteiger charge is 2.26. The van der Waals surface area contributed by atoms with Crippen LogP contribution in [0.3, 0.4) is 0 Å². The summed E-state index contributed by atoms with van der Waals surface area (Å²) in [4.78, 5) is 21.4.